The summed E-state index contributed by atoms with van der Waals surface area (Å²) in [7, 11) is -3.70. The first-order valence-corrected chi connectivity index (χ1v) is 9.66. The van der Waals surface area contributed by atoms with Gasteiger partial charge in [0.2, 0.25) is 10.0 Å². The largest absolute Gasteiger partial charge is 0.416 e. The first-order chi connectivity index (χ1) is 12.6. The number of carbonyl (C=O) groups is 1. The maximum atomic E-state index is 12.5. The van der Waals surface area contributed by atoms with Crippen molar-refractivity contribution in [2.45, 2.75) is 24.4 Å². The Morgan fingerprint density at radius 1 is 0.963 bits per heavy atom. The fraction of sp³-hybridized carbons (Fsp3) is 0.278. The number of sulfonamides is 1. The first kappa shape index (κ1) is 20.9. The minimum atomic E-state index is -4.47. The van der Waals surface area contributed by atoms with Crippen LogP contribution in [0.3, 0.4) is 0 Å². The predicted octanol–water partition coefficient (Wildman–Crippen LogP) is 2.98. The monoisotopic (exact) mass is 400 g/mol. The summed E-state index contributed by atoms with van der Waals surface area (Å²) in [6.07, 6.45) is -3.67. The van der Waals surface area contributed by atoms with Gasteiger partial charge in [-0.1, -0.05) is 19.1 Å². The standard InChI is InChI=1S/C18H19F3N2O3S/c1-2-13-3-9-16(10-4-13)27(25,26)23-12-11-22-17(24)14-5-7-15(8-6-14)18(19,20)21/h3-10,23H,2,11-12H2,1H3,(H,22,24). The molecular weight excluding hydrogens is 381 g/mol. The first-order valence-electron chi connectivity index (χ1n) is 8.17. The molecule has 2 aromatic carbocycles. The third kappa shape index (κ3) is 5.80. The molecule has 0 aliphatic heterocycles. The fourth-order valence-corrected chi connectivity index (χ4v) is 3.29. The lowest BCUT2D eigenvalue weighted by Gasteiger charge is -2.10. The van der Waals surface area contributed by atoms with E-state index in [-0.39, 0.29) is 23.5 Å². The van der Waals surface area contributed by atoms with Crippen molar-refractivity contribution in [2.24, 2.45) is 0 Å². The van der Waals surface area contributed by atoms with Gasteiger partial charge in [-0.05, 0) is 48.4 Å². The molecule has 9 heteroatoms. The molecule has 0 radical (unpaired) electrons. The van der Waals surface area contributed by atoms with Gasteiger partial charge in [-0.3, -0.25) is 4.79 Å². The lowest BCUT2D eigenvalue weighted by molar-refractivity contribution is -0.137. The number of rotatable bonds is 7. The van der Waals surface area contributed by atoms with Crippen molar-refractivity contribution in [3.05, 3.63) is 65.2 Å². The van der Waals surface area contributed by atoms with Crippen molar-refractivity contribution in [3.63, 3.8) is 0 Å². The number of hydrogen-bond acceptors (Lipinski definition) is 3. The summed E-state index contributed by atoms with van der Waals surface area (Å²) in [6.45, 7) is 1.90. The van der Waals surface area contributed by atoms with E-state index in [9.17, 15) is 26.4 Å². The molecule has 1 amide bonds. The highest BCUT2D eigenvalue weighted by molar-refractivity contribution is 7.89. The zero-order valence-electron chi connectivity index (χ0n) is 14.5. The van der Waals surface area contributed by atoms with Crippen molar-refractivity contribution >= 4 is 15.9 Å². The van der Waals surface area contributed by atoms with E-state index >= 15 is 0 Å². The Bertz CT molecular complexity index is 878. The van der Waals surface area contributed by atoms with Crippen LogP contribution in [0.4, 0.5) is 13.2 Å². The van der Waals surface area contributed by atoms with Crippen molar-refractivity contribution < 1.29 is 26.4 Å². The molecule has 2 rings (SSSR count). The van der Waals surface area contributed by atoms with Crippen molar-refractivity contribution in [3.8, 4) is 0 Å². The molecule has 0 heterocycles. The summed E-state index contributed by atoms with van der Waals surface area (Å²) >= 11 is 0. The van der Waals surface area contributed by atoms with Gasteiger partial charge in [-0.25, -0.2) is 13.1 Å². The van der Waals surface area contributed by atoms with E-state index in [0.29, 0.717) is 0 Å². The number of benzene rings is 2. The summed E-state index contributed by atoms with van der Waals surface area (Å²) in [6, 6.07) is 10.2. The van der Waals surface area contributed by atoms with Gasteiger partial charge in [0.05, 0.1) is 10.5 Å². The third-order valence-corrected chi connectivity index (χ3v) is 5.30. The van der Waals surface area contributed by atoms with Crippen molar-refractivity contribution in [2.75, 3.05) is 13.1 Å². The molecule has 0 bridgehead atoms. The summed E-state index contributed by atoms with van der Waals surface area (Å²) in [5.41, 5.74) is 0.222. The number of halogens is 3. The summed E-state index contributed by atoms with van der Waals surface area (Å²) in [5, 5.41) is 2.45. The van der Waals surface area contributed by atoms with Crippen LogP contribution in [0.2, 0.25) is 0 Å². The van der Waals surface area contributed by atoms with E-state index in [2.05, 4.69) is 10.0 Å². The Balaban J connectivity index is 1.85. The summed E-state index contributed by atoms with van der Waals surface area (Å²) in [5.74, 6) is -0.588. The van der Waals surface area contributed by atoms with Gasteiger partial charge in [0.15, 0.2) is 0 Å². The van der Waals surface area contributed by atoms with Gasteiger partial charge < -0.3 is 5.32 Å². The summed E-state index contributed by atoms with van der Waals surface area (Å²) in [4.78, 5) is 12.0. The van der Waals surface area contributed by atoms with Gasteiger partial charge in [0, 0.05) is 18.7 Å². The molecule has 0 aliphatic rings. The van der Waals surface area contributed by atoms with Gasteiger partial charge in [-0.2, -0.15) is 13.2 Å². The topological polar surface area (TPSA) is 75.3 Å². The number of carbonyl (C=O) groups excluding carboxylic acids is 1. The molecule has 2 aromatic rings. The van der Waals surface area contributed by atoms with Crippen LogP contribution in [0, 0.1) is 0 Å². The molecular formula is C18H19F3N2O3S. The number of nitrogens with one attached hydrogen (secondary N) is 2. The molecule has 146 valence electrons. The second kappa shape index (κ2) is 8.53. The van der Waals surface area contributed by atoms with Gasteiger partial charge in [0.25, 0.3) is 5.91 Å². The van der Waals surface area contributed by atoms with Gasteiger partial charge in [0.1, 0.15) is 0 Å². The van der Waals surface area contributed by atoms with E-state index < -0.39 is 27.7 Å². The maximum Gasteiger partial charge on any atom is 0.416 e. The lowest BCUT2D eigenvalue weighted by Crippen LogP contribution is -2.34. The summed E-state index contributed by atoms with van der Waals surface area (Å²) < 4.78 is 64.1. The van der Waals surface area contributed by atoms with E-state index in [1.165, 1.54) is 12.1 Å². The van der Waals surface area contributed by atoms with E-state index in [1.54, 1.807) is 12.1 Å². The molecule has 0 atom stereocenters. The van der Waals surface area contributed by atoms with Crippen LogP contribution in [0.1, 0.15) is 28.4 Å². The molecule has 2 N–H and O–H groups in total. The Morgan fingerprint density at radius 2 is 1.56 bits per heavy atom. The Hall–Kier alpha value is -2.39. The molecule has 0 saturated heterocycles. The van der Waals surface area contributed by atoms with Gasteiger partial charge in [-0.15, -0.1) is 0 Å². The zero-order chi connectivity index (χ0) is 20.1. The number of alkyl halides is 3. The normalized spacial score (nSPS) is 12.0. The van der Waals surface area contributed by atoms with Crippen LogP contribution in [0.15, 0.2) is 53.4 Å². The molecule has 5 nitrogen and oxygen atoms in total. The highest BCUT2D eigenvalue weighted by Crippen LogP contribution is 2.29. The lowest BCUT2D eigenvalue weighted by atomic mass is 10.1. The molecule has 0 spiro atoms. The quantitative estimate of drug-likeness (QED) is 0.702. The zero-order valence-corrected chi connectivity index (χ0v) is 15.3. The molecule has 0 aromatic heterocycles. The minimum Gasteiger partial charge on any atom is -0.351 e. The Kier molecular flexibility index (Phi) is 6.61. The maximum absolute atomic E-state index is 12.5. The molecule has 0 aliphatic carbocycles. The number of hydrogen-bond donors (Lipinski definition) is 2. The van der Waals surface area contributed by atoms with E-state index in [0.717, 1.165) is 36.2 Å². The minimum absolute atomic E-state index is 0.00781. The second-order valence-corrected chi connectivity index (χ2v) is 7.49. The van der Waals surface area contributed by atoms with Crippen LogP contribution in [0.5, 0.6) is 0 Å². The highest BCUT2D eigenvalue weighted by Gasteiger charge is 2.30. The van der Waals surface area contributed by atoms with Crippen LogP contribution in [0.25, 0.3) is 0 Å². The van der Waals surface area contributed by atoms with E-state index in [1.807, 2.05) is 6.92 Å². The number of aryl methyl sites for hydroxylation is 1. The van der Waals surface area contributed by atoms with Crippen LogP contribution < -0.4 is 10.0 Å². The van der Waals surface area contributed by atoms with Crippen molar-refractivity contribution in [1.82, 2.24) is 10.0 Å². The second-order valence-electron chi connectivity index (χ2n) is 5.73. The van der Waals surface area contributed by atoms with Crippen molar-refractivity contribution in [1.29, 1.82) is 0 Å². The van der Waals surface area contributed by atoms with Crippen LogP contribution >= 0.6 is 0 Å². The molecule has 0 saturated carbocycles. The van der Waals surface area contributed by atoms with Gasteiger partial charge >= 0.3 is 6.18 Å². The Labute approximate surface area is 155 Å². The molecule has 0 unspecified atom stereocenters. The fourth-order valence-electron chi connectivity index (χ4n) is 2.26. The average Bonchev–Trinajstić information content (AvgIpc) is 2.64. The highest BCUT2D eigenvalue weighted by atomic mass is 32.2. The third-order valence-electron chi connectivity index (χ3n) is 3.82. The predicted molar refractivity (Wildman–Crippen MR) is 94.8 cm³/mol. The molecule has 27 heavy (non-hydrogen) atoms. The van der Waals surface area contributed by atoms with Crippen LogP contribution in [-0.4, -0.2) is 27.4 Å². The average molecular weight is 400 g/mol. The van der Waals surface area contributed by atoms with Crippen LogP contribution in [-0.2, 0) is 22.6 Å². The SMILES string of the molecule is CCc1ccc(S(=O)(=O)NCCNC(=O)c2ccc(C(F)(F)F)cc2)cc1. The van der Waals surface area contributed by atoms with E-state index in [4.69, 9.17) is 0 Å². The molecule has 0 fully saturated rings. The Morgan fingerprint density at radius 3 is 2.07 bits per heavy atom. The number of amides is 1. The smallest absolute Gasteiger partial charge is 0.351 e.